The third kappa shape index (κ3) is 35.1. The molecule has 0 rings (SSSR count). The molecule has 1 heteroatoms. The monoisotopic (exact) mass is 830 g/mol. The minimum absolute atomic E-state index is 0.342. The van der Waals surface area contributed by atoms with Crippen LogP contribution in [0.5, 0.6) is 0 Å². The summed E-state index contributed by atoms with van der Waals surface area (Å²) in [7, 11) is 0. The summed E-state index contributed by atoms with van der Waals surface area (Å²) in [5.41, 5.74) is 7.01. The first-order chi connectivity index (χ1) is 28.8. The molecule has 59 heavy (non-hydrogen) atoms. The summed E-state index contributed by atoms with van der Waals surface area (Å²) in [6.07, 6.45) is 60.6. The Bertz CT molecular complexity index is 717. The van der Waals surface area contributed by atoms with Gasteiger partial charge in [-0.1, -0.05) is 293 Å². The molecule has 0 saturated carbocycles. The van der Waals surface area contributed by atoms with Gasteiger partial charge in [-0.2, -0.15) is 0 Å². The van der Waals surface area contributed by atoms with E-state index in [1.165, 1.54) is 270 Å². The zero-order valence-corrected chi connectivity index (χ0v) is 43.2. The topological polar surface area (TPSA) is 26.0 Å². The van der Waals surface area contributed by atoms with Gasteiger partial charge in [-0.05, 0) is 74.0 Å². The molecule has 1 atom stereocenters. The predicted molar refractivity (Wildman–Crippen MR) is 273 cm³/mol. The molecular weight excluding hydrogens is 711 g/mol. The fourth-order valence-corrected chi connectivity index (χ4v) is 11.3. The van der Waals surface area contributed by atoms with Crippen LogP contribution in [0.2, 0.25) is 0 Å². The number of hydrogen-bond acceptors (Lipinski definition) is 1. The largest absolute Gasteiger partial charge is 0.328 e. The van der Waals surface area contributed by atoms with Gasteiger partial charge in [0.15, 0.2) is 0 Å². The lowest BCUT2D eigenvalue weighted by Crippen LogP contribution is -2.24. The van der Waals surface area contributed by atoms with Crippen molar-refractivity contribution < 1.29 is 0 Å². The van der Waals surface area contributed by atoms with Crippen LogP contribution in [-0.2, 0) is 0 Å². The third-order valence-electron chi connectivity index (χ3n) is 15.5. The van der Waals surface area contributed by atoms with E-state index in [1.807, 2.05) is 0 Å². The van der Waals surface area contributed by atoms with Gasteiger partial charge in [-0.25, -0.2) is 0 Å². The van der Waals surface area contributed by atoms with Gasteiger partial charge in [0.25, 0.3) is 0 Å². The van der Waals surface area contributed by atoms with Crippen LogP contribution in [-0.4, -0.2) is 6.04 Å². The SMILES string of the molecule is CCCCC(CCCC)CCCC(CCCC(CCCC)CCCC)CCCC(CCCC(C)N)(CCCC(CCCC)CCCC)CCCC(CCCC)CCCC. The fourth-order valence-electron chi connectivity index (χ4n) is 11.3. The highest BCUT2D eigenvalue weighted by atomic mass is 14.6. The van der Waals surface area contributed by atoms with Crippen LogP contribution in [0.25, 0.3) is 0 Å². The molecule has 0 aromatic carbocycles. The average Bonchev–Trinajstić information content (AvgIpc) is 3.23. The zero-order valence-electron chi connectivity index (χ0n) is 43.2. The molecule has 1 nitrogen and oxygen atoms in total. The Kier molecular flexibility index (Phi) is 43.2. The Morgan fingerprint density at radius 1 is 0.254 bits per heavy atom. The number of nitrogens with two attached hydrogens (primary N) is 1. The van der Waals surface area contributed by atoms with E-state index in [4.69, 9.17) is 5.73 Å². The van der Waals surface area contributed by atoms with Crippen LogP contribution < -0.4 is 5.73 Å². The molecular formula is C58H119N. The molecule has 0 spiro atoms. The van der Waals surface area contributed by atoms with E-state index < -0.39 is 0 Å². The zero-order chi connectivity index (χ0) is 43.7. The maximum Gasteiger partial charge on any atom is 0.00104 e. The standard InChI is InChI=1S/C58H119N/c1-10-18-33-53(34-19-11-2)41-26-43-57(44-27-42-54(35-20-12-3)36-21-13-4)47-31-51-58(48-28-32-52(9)59,49-29-45-55(37-22-14-5)38-23-15-6)50-30-46-56(39-24-16-7)40-25-17-8/h52-57H,10-51,59H2,1-9H3. The van der Waals surface area contributed by atoms with Gasteiger partial charge in [-0.3, -0.25) is 0 Å². The van der Waals surface area contributed by atoms with E-state index in [-0.39, 0.29) is 0 Å². The normalized spacial score (nSPS) is 13.1. The Morgan fingerprint density at radius 2 is 0.424 bits per heavy atom. The third-order valence-corrected chi connectivity index (χ3v) is 15.5. The summed E-state index contributed by atoms with van der Waals surface area (Å²) in [5, 5.41) is 0. The van der Waals surface area contributed by atoms with Crippen molar-refractivity contribution in [1.29, 1.82) is 0 Å². The first-order valence-corrected chi connectivity index (χ1v) is 28.5. The minimum atomic E-state index is 0.342. The van der Waals surface area contributed by atoms with Crippen molar-refractivity contribution >= 4 is 0 Å². The summed E-state index contributed by atoms with van der Waals surface area (Å²) in [5.74, 6) is 4.85. The Balaban J connectivity index is 6.25. The molecule has 0 aromatic heterocycles. The maximum absolute atomic E-state index is 6.47. The lowest BCUT2D eigenvalue weighted by atomic mass is 9.69. The van der Waals surface area contributed by atoms with Crippen LogP contribution in [0.3, 0.4) is 0 Å². The van der Waals surface area contributed by atoms with Crippen LogP contribution in [0.15, 0.2) is 0 Å². The molecule has 0 aromatic rings. The van der Waals surface area contributed by atoms with Crippen LogP contribution in [0.4, 0.5) is 0 Å². The van der Waals surface area contributed by atoms with Crippen LogP contribution in [0, 0.1) is 35.0 Å². The van der Waals surface area contributed by atoms with Crippen molar-refractivity contribution in [2.24, 2.45) is 40.7 Å². The summed E-state index contributed by atoms with van der Waals surface area (Å²) in [6.45, 7) is 21.4. The summed E-state index contributed by atoms with van der Waals surface area (Å²) in [6, 6.07) is 0.342. The number of unbranched alkanes of at least 4 members (excludes halogenated alkanes) is 8. The lowest BCUT2D eigenvalue weighted by molar-refractivity contribution is 0.158. The summed E-state index contributed by atoms with van der Waals surface area (Å²) >= 11 is 0. The van der Waals surface area contributed by atoms with E-state index >= 15 is 0 Å². The average molecular weight is 831 g/mol. The highest BCUT2D eigenvalue weighted by Gasteiger charge is 2.30. The Morgan fingerprint density at radius 3 is 0.610 bits per heavy atom. The van der Waals surface area contributed by atoms with Gasteiger partial charge in [0.05, 0.1) is 0 Å². The molecule has 0 aliphatic rings. The van der Waals surface area contributed by atoms with Crippen molar-refractivity contribution in [2.75, 3.05) is 0 Å². The van der Waals surface area contributed by atoms with Gasteiger partial charge in [0.1, 0.15) is 0 Å². The van der Waals surface area contributed by atoms with E-state index in [1.54, 1.807) is 0 Å². The quantitative estimate of drug-likeness (QED) is 0.0650. The molecule has 0 saturated heterocycles. The second-order valence-electron chi connectivity index (χ2n) is 21.4. The summed E-state index contributed by atoms with van der Waals surface area (Å²) < 4.78 is 0. The van der Waals surface area contributed by atoms with Gasteiger partial charge in [-0.15, -0.1) is 0 Å². The highest BCUT2D eigenvalue weighted by Crippen LogP contribution is 2.44. The molecule has 356 valence electrons. The molecule has 0 aliphatic heterocycles. The molecule has 0 aliphatic carbocycles. The Hall–Kier alpha value is -0.0400. The fraction of sp³-hybridized carbons (Fsp3) is 1.00. The van der Waals surface area contributed by atoms with Crippen LogP contribution in [0.1, 0.15) is 332 Å². The van der Waals surface area contributed by atoms with Crippen molar-refractivity contribution in [3.8, 4) is 0 Å². The van der Waals surface area contributed by atoms with Gasteiger partial charge >= 0.3 is 0 Å². The van der Waals surface area contributed by atoms with Gasteiger partial charge in [0, 0.05) is 6.04 Å². The molecule has 0 fully saturated rings. The molecule has 0 heterocycles. The van der Waals surface area contributed by atoms with E-state index in [0.29, 0.717) is 11.5 Å². The molecule has 0 radical (unpaired) electrons. The van der Waals surface area contributed by atoms with Gasteiger partial charge in [0.2, 0.25) is 0 Å². The molecule has 0 bridgehead atoms. The van der Waals surface area contributed by atoms with E-state index in [2.05, 4.69) is 62.3 Å². The smallest absolute Gasteiger partial charge is 0.00104 e. The van der Waals surface area contributed by atoms with Crippen molar-refractivity contribution in [3.05, 3.63) is 0 Å². The first-order valence-electron chi connectivity index (χ1n) is 28.5. The second-order valence-corrected chi connectivity index (χ2v) is 21.4. The van der Waals surface area contributed by atoms with Crippen molar-refractivity contribution in [3.63, 3.8) is 0 Å². The molecule has 0 amide bonds. The predicted octanol–water partition coefficient (Wildman–Crippen LogP) is 20.9. The van der Waals surface area contributed by atoms with Crippen molar-refractivity contribution in [1.82, 2.24) is 0 Å². The first kappa shape index (κ1) is 59.0. The molecule has 1 unspecified atom stereocenters. The maximum atomic E-state index is 6.47. The lowest BCUT2D eigenvalue weighted by Gasteiger charge is -2.36. The van der Waals surface area contributed by atoms with Crippen molar-refractivity contribution in [2.45, 2.75) is 338 Å². The second kappa shape index (κ2) is 43.2. The van der Waals surface area contributed by atoms with Gasteiger partial charge < -0.3 is 5.73 Å². The minimum Gasteiger partial charge on any atom is -0.328 e. The summed E-state index contributed by atoms with van der Waals surface area (Å²) in [4.78, 5) is 0. The van der Waals surface area contributed by atoms with Crippen LogP contribution >= 0.6 is 0 Å². The number of rotatable bonds is 48. The van der Waals surface area contributed by atoms with E-state index in [9.17, 15) is 0 Å². The highest BCUT2D eigenvalue weighted by molar-refractivity contribution is 4.82. The molecule has 2 N–H and O–H groups in total. The number of hydrogen-bond donors (Lipinski definition) is 1. The van der Waals surface area contributed by atoms with E-state index in [0.717, 1.165) is 29.6 Å². The Labute approximate surface area is 377 Å².